The lowest BCUT2D eigenvalue weighted by Gasteiger charge is -2.34. The Bertz CT molecular complexity index is 2420. The maximum absolute atomic E-state index is 14.5. The van der Waals surface area contributed by atoms with Crippen LogP contribution in [0.1, 0.15) is 70.7 Å². The average Bonchev–Trinajstić information content (AvgIpc) is 3.88. The molecule has 64 heavy (non-hydrogen) atoms. The lowest BCUT2D eigenvalue weighted by Crippen LogP contribution is -2.59. The number of pyridine rings is 1. The standard InChI is InChI=1S/C50H63N7O7/c1-10-44(60)55-21-18-37(29-55)48(62)54(9)45(32(3)4)47(61)52-42(49(63)57-20-13-12-19-53(57)8)24-34-22-38(25-39(59)23-34)35-16-17-43-40(26-35)41(27-50(6,7)30-64-31-58)46(56(43)11-2)36-15-14-33(5)51-28-36/h10,14-17,22-23,25-26,28,31-32,37,42,45H,1,8,11-13,18-21,24,27,29-30H2,2-7,9H3,(H-,52,59,61)/p+1/t37-,42?,45-/m0/s1. The summed E-state index contributed by atoms with van der Waals surface area (Å²) in [5, 5.41) is 16.9. The number of fused-ring (bicyclic) bond motifs is 1. The van der Waals surface area contributed by atoms with Gasteiger partial charge in [0.25, 0.3) is 12.4 Å². The fourth-order valence-electron chi connectivity index (χ4n) is 9.38. The average molecular weight is 875 g/mol. The molecule has 0 bridgehead atoms. The summed E-state index contributed by atoms with van der Waals surface area (Å²) in [6, 6.07) is 13.6. The first-order valence-electron chi connectivity index (χ1n) is 22.3. The maximum atomic E-state index is 14.5. The van der Waals surface area contributed by atoms with Crippen LogP contribution in [-0.2, 0) is 48.1 Å². The Kier molecular flexibility index (Phi) is 14.8. The van der Waals surface area contributed by atoms with E-state index in [0.717, 1.165) is 57.4 Å². The molecule has 0 aliphatic carbocycles. The molecule has 2 saturated heterocycles. The molecule has 3 atom stereocenters. The molecule has 340 valence electrons. The first-order chi connectivity index (χ1) is 30.5. The number of likely N-dealkylation sites (tertiary alicyclic amines) is 1. The monoisotopic (exact) mass is 874 g/mol. The molecule has 2 aliphatic rings. The highest BCUT2D eigenvalue weighted by Gasteiger charge is 2.40. The van der Waals surface area contributed by atoms with E-state index in [1.807, 2.05) is 45.2 Å². The van der Waals surface area contributed by atoms with Crippen LogP contribution in [0.3, 0.4) is 0 Å². The summed E-state index contributed by atoms with van der Waals surface area (Å²) >= 11 is 0. The molecule has 14 heteroatoms. The summed E-state index contributed by atoms with van der Waals surface area (Å²) in [7, 11) is 1.60. The number of phenolic OH excluding ortho intramolecular Hbond substituents is 1. The number of nitrogens with one attached hydrogen (secondary N) is 1. The molecule has 0 radical (unpaired) electrons. The molecule has 14 nitrogen and oxygen atoms in total. The number of hydrazone groups is 1. The number of likely N-dealkylation sites (N-methyl/N-ethyl adjacent to an activating group) is 1. The van der Waals surface area contributed by atoms with Crippen molar-refractivity contribution in [3.8, 4) is 28.1 Å². The summed E-state index contributed by atoms with van der Waals surface area (Å²) in [5.74, 6) is -2.08. The number of rotatable bonds is 17. The van der Waals surface area contributed by atoms with Crippen LogP contribution in [0.4, 0.5) is 0 Å². The van der Waals surface area contributed by atoms with E-state index in [2.05, 4.69) is 67.1 Å². The zero-order valence-electron chi connectivity index (χ0n) is 38.4. The van der Waals surface area contributed by atoms with Crippen LogP contribution in [0.2, 0.25) is 0 Å². The van der Waals surface area contributed by atoms with Crippen molar-refractivity contribution in [3.63, 3.8) is 0 Å². The highest BCUT2D eigenvalue weighted by atomic mass is 16.5. The molecular weight excluding hydrogens is 811 g/mol. The van der Waals surface area contributed by atoms with Crippen LogP contribution in [0.5, 0.6) is 5.75 Å². The van der Waals surface area contributed by atoms with Gasteiger partial charge in [0.05, 0.1) is 24.8 Å². The second-order valence-electron chi connectivity index (χ2n) is 18.4. The van der Waals surface area contributed by atoms with Crippen molar-refractivity contribution in [2.24, 2.45) is 17.3 Å². The van der Waals surface area contributed by atoms with Crippen LogP contribution in [0.15, 0.2) is 67.4 Å². The fourth-order valence-corrected chi connectivity index (χ4v) is 9.38. The van der Waals surface area contributed by atoms with E-state index in [9.17, 15) is 29.1 Å². The van der Waals surface area contributed by atoms with Crippen LogP contribution >= 0.6 is 0 Å². The zero-order chi connectivity index (χ0) is 46.5. The molecule has 2 aromatic carbocycles. The number of hydrogen-bond donors (Lipinski definition) is 2. The number of aromatic nitrogens is 2. The Labute approximate surface area is 376 Å². The van der Waals surface area contributed by atoms with Gasteiger partial charge in [0, 0.05) is 73.3 Å². The predicted molar refractivity (Wildman–Crippen MR) is 247 cm³/mol. The smallest absolute Gasteiger partial charge is 0.299 e. The van der Waals surface area contributed by atoms with Crippen molar-refractivity contribution < 1.29 is 38.5 Å². The topological polar surface area (TPSA) is 157 Å². The molecular formula is C50H64N7O7+. The van der Waals surface area contributed by atoms with E-state index in [4.69, 9.17) is 4.74 Å². The molecule has 2 aliphatic heterocycles. The van der Waals surface area contributed by atoms with Gasteiger partial charge in [-0.05, 0) is 104 Å². The molecule has 1 unspecified atom stereocenters. The van der Waals surface area contributed by atoms with E-state index in [1.165, 1.54) is 11.0 Å². The van der Waals surface area contributed by atoms with E-state index in [-0.39, 0.29) is 49.0 Å². The Morgan fingerprint density at radius 1 is 1.06 bits per heavy atom. The van der Waals surface area contributed by atoms with Gasteiger partial charge in [-0.1, -0.05) is 46.4 Å². The van der Waals surface area contributed by atoms with E-state index in [1.54, 1.807) is 33.8 Å². The third-order valence-electron chi connectivity index (χ3n) is 12.6. The van der Waals surface area contributed by atoms with Gasteiger partial charge in [-0.2, -0.15) is 0 Å². The van der Waals surface area contributed by atoms with Crippen molar-refractivity contribution in [2.75, 3.05) is 39.8 Å². The highest BCUT2D eigenvalue weighted by Crippen LogP contribution is 2.40. The maximum Gasteiger partial charge on any atom is 0.299 e. The van der Waals surface area contributed by atoms with Crippen molar-refractivity contribution in [2.45, 2.75) is 92.3 Å². The summed E-state index contributed by atoms with van der Waals surface area (Å²) in [5.41, 5.74) is 6.79. The zero-order valence-corrected chi connectivity index (χ0v) is 38.4. The Balaban J connectivity index is 1.36. The van der Waals surface area contributed by atoms with E-state index >= 15 is 0 Å². The number of aromatic hydroxyl groups is 1. The van der Waals surface area contributed by atoms with Crippen LogP contribution in [0, 0.1) is 24.2 Å². The van der Waals surface area contributed by atoms with Crippen molar-refractivity contribution in [1.29, 1.82) is 0 Å². The van der Waals surface area contributed by atoms with Gasteiger partial charge in [-0.3, -0.25) is 29.0 Å². The van der Waals surface area contributed by atoms with Crippen LogP contribution < -0.4 is 5.32 Å². The van der Waals surface area contributed by atoms with Gasteiger partial charge < -0.3 is 29.5 Å². The molecule has 2 N–H and O–H groups in total. The van der Waals surface area contributed by atoms with Crippen molar-refractivity contribution in [1.82, 2.24) is 29.7 Å². The van der Waals surface area contributed by atoms with Crippen LogP contribution in [-0.4, -0.2) is 123 Å². The van der Waals surface area contributed by atoms with E-state index in [0.29, 0.717) is 51.1 Å². The highest BCUT2D eigenvalue weighted by molar-refractivity contribution is 5.96. The number of aryl methyl sites for hydroxylation is 2. The summed E-state index contributed by atoms with van der Waals surface area (Å²) in [6.45, 7) is 22.7. The molecule has 0 spiro atoms. The normalized spacial score (nSPS) is 16.4. The number of hydrazine groups is 1. The second-order valence-corrected chi connectivity index (χ2v) is 18.4. The lowest BCUT2D eigenvalue weighted by atomic mass is 9.84. The minimum atomic E-state index is -1.06. The fraction of sp³-hybridized carbons (Fsp3) is 0.460. The molecule has 4 amide bonds. The van der Waals surface area contributed by atoms with Gasteiger partial charge in [-0.15, -0.1) is 9.69 Å². The minimum absolute atomic E-state index is 0.00211. The number of hydrogen-bond acceptors (Lipinski definition) is 8. The largest absolute Gasteiger partial charge is 0.508 e. The van der Waals surface area contributed by atoms with Gasteiger partial charge in [0.2, 0.25) is 17.7 Å². The lowest BCUT2D eigenvalue weighted by molar-refractivity contribution is -0.673. The first-order valence-corrected chi connectivity index (χ1v) is 22.3. The van der Waals surface area contributed by atoms with Crippen molar-refractivity contribution >= 4 is 47.7 Å². The molecule has 4 aromatic rings. The third-order valence-corrected chi connectivity index (χ3v) is 12.6. The number of phenols is 1. The first kappa shape index (κ1) is 47.2. The third kappa shape index (κ3) is 10.4. The van der Waals surface area contributed by atoms with E-state index < -0.39 is 29.3 Å². The molecule has 2 fully saturated rings. The number of benzene rings is 2. The Morgan fingerprint density at radius 3 is 2.47 bits per heavy atom. The summed E-state index contributed by atoms with van der Waals surface area (Å²) < 4.78 is 9.18. The number of ether oxygens (including phenoxy) is 1. The predicted octanol–water partition coefficient (Wildman–Crippen LogP) is 5.94. The van der Waals surface area contributed by atoms with Crippen molar-refractivity contribution in [3.05, 3.63) is 84.2 Å². The SMILES string of the molecule is C=CC(=O)N1CC[C@H](C(=O)N(C)[C@H](C(=O)NC(Cc2cc(O)cc(-c3ccc4c(c3)c(CC(C)(C)COC=O)c(-c3ccc(C)nc3)n4CC)c2)C(=O)N2CCCC[N+]2=C)C(C)C)C1. The number of nitrogens with zero attached hydrogens (tertiary/aromatic N) is 6. The van der Waals surface area contributed by atoms with Gasteiger partial charge in [-0.25, -0.2) is 0 Å². The molecule has 6 rings (SSSR count). The number of carbonyl (C=O) groups is 5. The summed E-state index contributed by atoms with van der Waals surface area (Å²) in [4.78, 5) is 73.9. The van der Waals surface area contributed by atoms with Gasteiger partial charge in [0.15, 0.2) is 13.3 Å². The molecule has 0 saturated carbocycles. The minimum Gasteiger partial charge on any atom is -0.508 e. The number of carbonyl (C=O) groups excluding carboxylic acids is 5. The summed E-state index contributed by atoms with van der Waals surface area (Å²) in [6.07, 6.45) is 5.90. The second kappa shape index (κ2) is 20.0. The molecule has 4 heterocycles. The number of amides is 4. The molecule has 2 aromatic heterocycles. The van der Waals surface area contributed by atoms with Gasteiger partial charge >= 0.3 is 0 Å². The quantitative estimate of drug-likeness (QED) is 0.0750. The Morgan fingerprint density at radius 2 is 1.81 bits per heavy atom. The Hall–Kier alpha value is -6.31. The van der Waals surface area contributed by atoms with Crippen LogP contribution in [0.25, 0.3) is 33.3 Å². The van der Waals surface area contributed by atoms with Gasteiger partial charge in [0.1, 0.15) is 17.8 Å².